The number of methoxy groups -OCH3 is 1. The van der Waals surface area contributed by atoms with E-state index in [1.54, 1.807) is 7.11 Å². The van der Waals surface area contributed by atoms with Crippen molar-refractivity contribution in [2.75, 3.05) is 13.7 Å². The van der Waals surface area contributed by atoms with Crippen LogP contribution in [0.25, 0.3) is 5.57 Å². The summed E-state index contributed by atoms with van der Waals surface area (Å²) in [6.07, 6.45) is 4.61. The Labute approximate surface area is 232 Å². The Morgan fingerprint density at radius 1 is 0.974 bits per heavy atom. The number of aliphatic hydroxyl groups excluding tert-OH is 1. The SMILES string of the molecule is COc1cccc(CNC[C@@H](O)[C@H](Cc2ccccc2)NC(=O)C2=CC(C)(C)C=C(c3cccc(C)c3)C2)c1. The summed E-state index contributed by atoms with van der Waals surface area (Å²) in [5, 5.41) is 17.7. The maximum absolute atomic E-state index is 13.6. The summed E-state index contributed by atoms with van der Waals surface area (Å²) in [6, 6.07) is 25.8. The van der Waals surface area contributed by atoms with Gasteiger partial charge >= 0.3 is 0 Å². The van der Waals surface area contributed by atoms with Gasteiger partial charge in [-0.05, 0) is 47.7 Å². The van der Waals surface area contributed by atoms with Gasteiger partial charge in [-0.2, -0.15) is 0 Å². The van der Waals surface area contributed by atoms with Crippen molar-refractivity contribution in [3.8, 4) is 5.75 Å². The molecule has 1 amide bonds. The van der Waals surface area contributed by atoms with Crippen LogP contribution in [0.2, 0.25) is 0 Å². The molecule has 0 heterocycles. The van der Waals surface area contributed by atoms with E-state index >= 15 is 0 Å². The molecule has 0 radical (unpaired) electrons. The van der Waals surface area contributed by atoms with Crippen molar-refractivity contribution in [3.63, 3.8) is 0 Å². The second-order valence-electron chi connectivity index (χ2n) is 11.0. The van der Waals surface area contributed by atoms with Crippen molar-refractivity contribution in [2.24, 2.45) is 5.41 Å². The lowest BCUT2D eigenvalue weighted by Crippen LogP contribution is -2.49. The van der Waals surface area contributed by atoms with Crippen molar-refractivity contribution in [1.82, 2.24) is 10.6 Å². The number of allylic oxidation sites excluding steroid dienone is 3. The van der Waals surface area contributed by atoms with Crippen LogP contribution in [0, 0.1) is 12.3 Å². The zero-order valence-corrected chi connectivity index (χ0v) is 23.4. The van der Waals surface area contributed by atoms with E-state index in [1.807, 2.05) is 54.6 Å². The molecule has 2 atom stereocenters. The second-order valence-corrected chi connectivity index (χ2v) is 11.0. The van der Waals surface area contributed by atoms with E-state index < -0.39 is 12.1 Å². The topological polar surface area (TPSA) is 70.6 Å². The highest BCUT2D eigenvalue weighted by Crippen LogP contribution is 2.36. The normalized spacial score (nSPS) is 16.0. The Morgan fingerprint density at radius 2 is 1.72 bits per heavy atom. The van der Waals surface area contributed by atoms with Gasteiger partial charge in [0.25, 0.3) is 0 Å². The number of hydrogen-bond donors (Lipinski definition) is 3. The fourth-order valence-corrected chi connectivity index (χ4v) is 5.12. The predicted octanol–water partition coefficient (Wildman–Crippen LogP) is 5.62. The number of rotatable bonds is 11. The van der Waals surface area contributed by atoms with Crippen molar-refractivity contribution in [1.29, 1.82) is 0 Å². The summed E-state index contributed by atoms with van der Waals surface area (Å²) < 4.78 is 5.31. The van der Waals surface area contributed by atoms with Crippen LogP contribution < -0.4 is 15.4 Å². The number of nitrogens with one attached hydrogen (secondary N) is 2. The van der Waals surface area contributed by atoms with Crippen molar-refractivity contribution in [3.05, 3.63) is 119 Å². The van der Waals surface area contributed by atoms with E-state index in [4.69, 9.17) is 4.74 Å². The molecule has 3 N–H and O–H groups in total. The van der Waals surface area contributed by atoms with Crippen LogP contribution in [0.5, 0.6) is 5.75 Å². The molecule has 0 spiro atoms. The Balaban J connectivity index is 1.46. The highest BCUT2D eigenvalue weighted by Gasteiger charge is 2.28. The lowest BCUT2D eigenvalue weighted by molar-refractivity contribution is -0.119. The van der Waals surface area contributed by atoms with E-state index in [2.05, 4.69) is 67.8 Å². The molecule has 0 unspecified atom stereocenters. The zero-order valence-electron chi connectivity index (χ0n) is 23.4. The third-order valence-corrected chi connectivity index (χ3v) is 7.05. The average Bonchev–Trinajstić information content (AvgIpc) is 2.92. The molecule has 39 heavy (non-hydrogen) atoms. The van der Waals surface area contributed by atoms with Crippen molar-refractivity contribution < 1.29 is 14.6 Å². The molecule has 0 fully saturated rings. The lowest BCUT2D eigenvalue weighted by Gasteiger charge is -2.29. The highest BCUT2D eigenvalue weighted by molar-refractivity contribution is 5.97. The Hall–Kier alpha value is -3.67. The number of carbonyl (C=O) groups is 1. The number of aryl methyl sites for hydroxylation is 1. The van der Waals surface area contributed by atoms with Gasteiger partial charge in [0.15, 0.2) is 0 Å². The van der Waals surface area contributed by atoms with E-state index in [0.29, 0.717) is 25.9 Å². The average molecular weight is 525 g/mol. The number of carbonyl (C=O) groups excluding carboxylic acids is 1. The van der Waals surface area contributed by atoms with E-state index in [-0.39, 0.29) is 11.3 Å². The maximum atomic E-state index is 13.6. The first-order valence-electron chi connectivity index (χ1n) is 13.6. The molecular weight excluding hydrogens is 484 g/mol. The van der Waals surface area contributed by atoms with Gasteiger partial charge < -0.3 is 20.5 Å². The van der Waals surface area contributed by atoms with Gasteiger partial charge in [0, 0.05) is 30.5 Å². The summed E-state index contributed by atoms with van der Waals surface area (Å²) in [7, 11) is 1.65. The summed E-state index contributed by atoms with van der Waals surface area (Å²) in [5.41, 5.74) is 6.09. The molecule has 1 aliphatic carbocycles. The molecule has 3 aromatic carbocycles. The van der Waals surface area contributed by atoms with Crippen LogP contribution >= 0.6 is 0 Å². The minimum absolute atomic E-state index is 0.130. The van der Waals surface area contributed by atoms with Gasteiger partial charge in [-0.1, -0.05) is 98.3 Å². The Kier molecular flexibility index (Phi) is 9.39. The first-order valence-corrected chi connectivity index (χ1v) is 13.6. The van der Waals surface area contributed by atoms with E-state index in [0.717, 1.165) is 33.6 Å². The standard InChI is InChI=1S/C34H40N2O3/c1-24-10-8-14-27(16-24)28-19-29(21-34(2,3)20-28)33(38)36-31(18-25-11-6-5-7-12-25)32(37)23-35-22-26-13-9-15-30(17-26)39-4/h5-17,20-21,31-32,35,37H,18-19,22-23H2,1-4H3,(H,36,38)/t31-,32+/m0/s1. The molecule has 0 aromatic heterocycles. The lowest BCUT2D eigenvalue weighted by atomic mass is 9.79. The van der Waals surface area contributed by atoms with E-state index in [1.165, 1.54) is 5.56 Å². The molecule has 4 rings (SSSR count). The Morgan fingerprint density at radius 3 is 2.46 bits per heavy atom. The first-order chi connectivity index (χ1) is 18.7. The number of hydrogen-bond acceptors (Lipinski definition) is 4. The van der Waals surface area contributed by atoms with Crippen LogP contribution in [0.3, 0.4) is 0 Å². The molecule has 0 saturated heterocycles. The molecule has 0 bridgehead atoms. The van der Waals surface area contributed by atoms with E-state index in [9.17, 15) is 9.90 Å². The minimum Gasteiger partial charge on any atom is -0.497 e. The zero-order chi connectivity index (χ0) is 27.8. The molecular formula is C34H40N2O3. The quantitative estimate of drug-likeness (QED) is 0.304. The number of benzene rings is 3. The summed E-state index contributed by atoms with van der Waals surface area (Å²) >= 11 is 0. The maximum Gasteiger partial charge on any atom is 0.247 e. The first kappa shape index (κ1) is 28.3. The van der Waals surface area contributed by atoms with Crippen LogP contribution in [-0.4, -0.2) is 36.8 Å². The number of aliphatic hydroxyl groups is 1. The third kappa shape index (κ3) is 8.16. The van der Waals surface area contributed by atoms with Crippen LogP contribution in [0.1, 0.15) is 42.5 Å². The van der Waals surface area contributed by atoms with Crippen LogP contribution in [0.4, 0.5) is 0 Å². The fourth-order valence-electron chi connectivity index (χ4n) is 5.12. The van der Waals surface area contributed by atoms with Crippen molar-refractivity contribution in [2.45, 2.75) is 52.3 Å². The number of amides is 1. The summed E-state index contributed by atoms with van der Waals surface area (Å²) in [4.78, 5) is 13.6. The third-order valence-electron chi connectivity index (χ3n) is 7.05. The molecule has 0 aliphatic heterocycles. The van der Waals surface area contributed by atoms with Gasteiger partial charge in [0.2, 0.25) is 5.91 Å². The Bertz CT molecular complexity index is 1330. The highest BCUT2D eigenvalue weighted by atomic mass is 16.5. The molecule has 3 aromatic rings. The van der Waals surface area contributed by atoms with Crippen LogP contribution in [-0.2, 0) is 17.8 Å². The van der Waals surface area contributed by atoms with Gasteiger partial charge in [-0.15, -0.1) is 0 Å². The van der Waals surface area contributed by atoms with Gasteiger partial charge in [0.1, 0.15) is 5.75 Å². The molecule has 204 valence electrons. The number of ether oxygens (including phenoxy) is 1. The molecule has 5 heteroatoms. The minimum atomic E-state index is -0.774. The molecule has 0 saturated carbocycles. The predicted molar refractivity (Wildman–Crippen MR) is 158 cm³/mol. The monoisotopic (exact) mass is 524 g/mol. The largest absolute Gasteiger partial charge is 0.497 e. The fraction of sp³-hybridized carbons (Fsp3) is 0.324. The van der Waals surface area contributed by atoms with Gasteiger partial charge in [0.05, 0.1) is 19.3 Å². The van der Waals surface area contributed by atoms with Gasteiger partial charge in [-0.25, -0.2) is 0 Å². The summed E-state index contributed by atoms with van der Waals surface area (Å²) in [5.74, 6) is 0.668. The molecule has 1 aliphatic rings. The smallest absolute Gasteiger partial charge is 0.247 e. The van der Waals surface area contributed by atoms with Gasteiger partial charge in [-0.3, -0.25) is 4.79 Å². The van der Waals surface area contributed by atoms with Crippen LogP contribution in [0.15, 0.2) is 96.6 Å². The second kappa shape index (κ2) is 12.9. The molecule has 5 nitrogen and oxygen atoms in total. The van der Waals surface area contributed by atoms with Crippen molar-refractivity contribution >= 4 is 11.5 Å². The summed E-state index contributed by atoms with van der Waals surface area (Å²) in [6.45, 7) is 7.25.